The predicted molar refractivity (Wildman–Crippen MR) is 67.2 cm³/mol. The third-order valence-corrected chi connectivity index (χ3v) is 2.89. The van der Waals surface area contributed by atoms with Gasteiger partial charge in [0.25, 0.3) is 5.91 Å². The topological polar surface area (TPSA) is 64.8 Å². The lowest BCUT2D eigenvalue weighted by Crippen LogP contribution is -2.42. The second kappa shape index (κ2) is 6.49. The highest BCUT2D eigenvalue weighted by atomic mass is 19.1. The molecule has 2 rings (SSSR count). The van der Waals surface area contributed by atoms with Crippen molar-refractivity contribution in [3.63, 3.8) is 0 Å². The SMILES string of the molecule is NCc1cc(F)cc(OCC(=O)N2CCOCC2)c1. The number of carbonyl (C=O) groups excluding carboxylic acids is 1. The molecule has 0 saturated carbocycles. The molecular weight excluding hydrogens is 251 g/mol. The van der Waals surface area contributed by atoms with Crippen molar-refractivity contribution in [1.82, 2.24) is 4.90 Å². The van der Waals surface area contributed by atoms with Gasteiger partial charge in [-0.2, -0.15) is 0 Å². The molecule has 0 unspecified atom stereocenters. The lowest BCUT2D eigenvalue weighted by Gasteiger charge is -2.26. The van der Waals surface area contributed by atoms with Crippen LogP contribution in [0.3, 0.4) is 0 Å². The Morgan fingerprint density at radius 1 is 1.37 bits per heavy atom. The molecule has 0 atom stereocenters. The van der Waals surface area contributed by atoms with E-state index in [0.717, 1.165) is 0 Å². The van der Waals surface area contributed by atoms with Gasteiger partial charge in [-0.1, -0.05) is 0 Å². The maximum absolute atomic E-state index is 13.2. The molecule has 5 nitrogen and oxygen atoms in total. The molecule has 1 amide bonds. The van der Waals surface area contributed by atoms with E-state index in [9.17, 15) is 9.18 Å². The van der Waals surface area contributed by atoms with Crippen LogP contribution in [0.5, 0.6) is 5.75 Å². The summed E-state index contributed by atoms with van der Waals surface area (Å²) in [6.45, 7) is 2.35. The summed E-state index contributed by atoms with van der Waals surface area (Å²) in [6.07, 6.45) is 0. The first-order chi connectivity index (χ1) is 9.19. The highest BCUT2D eigenvalue weighted by Gasteiger charge is 2.17. The van der Waals surface area contributed by atoms with E-state index in [4.69, 9.17) is 15.2 Å². The Bertz CT molecular complexity index is 448. The summed E-state index contributed by atoms with van der Waals surface area (Å²) in [7, 11) is 0. The molecule has 19 heavy (non-hydrogen) atoms. The van der Waals surface area contributed by atoms with Crippen molar-refractivity contribution in [3.8, 4) is 5.75 Å². The van der Waals surface area contributed by atoms with Gasteiger partial charge < -0.3 is 20.1 Å². The quantitative estimate of drug-likeness (QED) is 0.864. The standard InChI is InChI=1S/C13H17FN2O3/c14-11-5-10(8-15)6-12(7-11)19-9-13(17)16-1-3-18-4-2-16/h5-7H,1-4,8-9,15H2. The van der Waals surface area contributed by atoms with Crippen molar-refractivity contribution in [1.29, 1.82) is 0 Å². The third kappa shape index (κ3) is 3.90. The van der Waals surface area contributed by atoms with Crippen LogP contribution in [0, 0.1) is 5.82 Å². The molecule has 1 fully saturated rings. The van der Waals surface area contributed by atoms with E-state index >= 15 is 0 Å². The zero-order valence-corrected chi connectivity index (χ0v) is 10.6. The molecule has 0 spiro atoms. The maximum atomic E-state index is 13.2. The number of hydrogen-bond donors (Lipinski definition) is 1. The van der Waals surface area contributed by atoms with Crippen molar-refractivity contribution in [3.05, 3.63) is 29.6 Å². The summed E-state index contributed by atoms with van der Waals surface area (Å²) in [6, 6.07) is 4.22. The van der Waals surface area contributed by atoms with E-state index in [1.54, 1.807) is 11.0 Å². The van der Waals surface area contributed by atoms with Crippen molar-refractivity contribution in [2.75, 3.05) is 32.9 Å². The summed E-state index contributed by atoms with van der Waals surface area (Å²) in [5, 5.41) is 0. The average molecular weight is 268 g/mol. The van der Waals surface area contributed by atoms with Crippen LogP contribution in [0.2, 0.25) is 0 Å². The minimum atomic E-state index is -0.420. The van der Waals surface area contributed by atoms with E-state index in [1.165, 1.54) is 12.1 Å². The molecule has 1 heterocycles. The van der Waals surface area contributed by atoms with Crippen LogP contribution in [0.25, 0.3) is 0 Å². The predicted octanol–water partition coefficient (Wildman–Crippen LogP) is 0.522. The van der Waals surface area contributed by atoms with Crippen LogP contribution in [-0.4, -0.2) is 43.7 Å². The van der Waals surface area contributed by atoms with Gasteiger partial charge in [0, 0.05) is 25.7 Å². The molecule has 104 valence electrons. The first kappa shape index (κ1) is 13.8. The van der Waals surface area contributed by atoms with Gasteiger partial charge in [-0.3, -0.25) is 4.79 Å². The first-order valence-corrected chi connectivity index (χ1v) is 6.17. The Labute approximate surface area is 111 Å². The largest absolute Gasteiger partial charge is 0.484 e. The van der Waals surface area contributed by atoms with Gasteiger partial charge in [-0.05, 0) is 17.7 Å². The van der Waals surface area contributed by atoms with E-state index in [-0.39, 0.29) is 19.1 Å². The molecule has 1 aromatic carbocycles. The van der Waals surface area contributed by atoms with Crippen molar-refractivity contribution in [2.24, 2.45) is 5.73 Å². The second-order valence-electron chi connectivity index (χ2n) is 4.28. The Hall–Kier alpha value is -1.66. The number of benzene rings is 1. The number of nitrogens with zero attached hydrogens (tertiary/aromatic N) is 1. The highest BCUT2D eigenvalue weighted by Crippen LogP contribution is 2.16. The molecule has 6 heteroatoms. The van der Waals surface area contributed by atoms with Gasteiger partial charge in [0.15, 0.2) is 6.61 Å². The van der Waals surface area contributed by atoms with E-state index in [2.05, 4.69) is 0 Å². The number of nitrogens with two attached hydrogens (primary N) is 1. The van der Waals surface area contributed by atoms with E-state index < -0.39 is 5.82 Å². The van der Waals surface area contributed by atoms with Crippen molar-refractivity contribution in [2.45, 2.75) is 6.54 Å². The van der Waals surface area contributed by atoms with E-state index in [0.29, 0.717) is 37.6 Å². The highest BCUT2D eigenvalue weighted by molar-refractivity contribution is 5.77. The fraction of sp³-hybridized carbons (Fsp3) is 0.462. The summed E-state index contributed by atoms with van der Waals surface area (Å²) < 4.78 is 23.7. The number of rotatable bonds is 4. The minimum absolute atomic E-state index is 0.104. The van der Waals surface area contributed by atoms with Crippen LogP contribution in [-0.2, 0) is 16.1 Å². The molecule has 0 radical (unpaired) electrons. The monoisotopic (exact) mass is 268 g/mol. The van der Waals surface area contributed by atoms with Gasteiger partial charge in [0.1, 0.15) is 11.6 Å². The Balaban J connectivity index is 1.90. The number of morpholine rings is 1. The number of ether oxygens (including phenoxy) is 2. The normalized spacial score (nSPS) is 15.4. The molecule has 0 aliphatic carbocycles. The van der Waals surface area contributed by atoms with E-state index in [1.807, 2.05) is 0 Å². The first-order valence-electron chi connectivity index (χ1n) is 6.17. The van der Waals surface area contributed by atoms with Crippen LogP contribution in [0.15, 0.2) is 18.2 Å². The van der Waals surface area contributed by atoms with Gasteiger partial charge in [0.05, 0.1) is 13.2 Å². The van der Waals surface area contributed by atoms with Crippen LogP contribution in [0.4, 0.5) is 4.39 Å². The second-order valence-corrected chi connectivity index (χ2v) is 4.28. The van der Waals surface area contributed by atoms with Gasteiger partial charge in [-0.25, -0.2) is 4.39 Å². The smallest absolute Gasteiger partial charge is 0.260 e. The maximum Gasteiger partial charge on any atom is 0.260 e. The van der Waals surface area contributed by atoms with Crippen molar-refractivity contribution < 1.29 is 18.7 Å². The Kier molecular flexibility index (Phi) is 4.70. The molecule has 1 aromatic rings. The molecule has 0 aromatic heterocycles. The molecular formula is C13H17FN2O3. The third-order valence-electron chi connectivity index (χ3n) is 2.89. The zero-order chi connectivity index (χ0) is 13.7. The molecule has 1 aliphatic heterocycles. The molecule has 1 saturated heterocycles. The number of halogens is 1. The lowest BCUT2D eigenvalue weighted by molar-refractivity contribution is -0.137. The van der Waals surface area contributed by atoms with Gasteiger partial charge in [0.2, 0.25) is 0 Å². The number of amides is 1. The fourth-order valence-corrected chi connectivity index (χ4v) is 1.87. The van der Waals surface area contributed by atoms with Crippen LogP contribution < -0.4 is 10.5 Å². The summed E-state index contributed by atoms with van der Waals surface area (Å²) in [5.41, 5.74) is 6.08. The number of hydrogen-bond acceptors (Lipinski definition) is 4. The average Bonchev–Trinajstić information content (AvgIpc) is 2.45. The van der Waals surface area contributed by atoms with Crippen molar-refractivity contribution >= 4 is 5.91 Å². The zero-order valence-electron chi connectivity index (χ0n) is 10.6. The van der Waals surface area contributed by atoms with Gasteiger partial charge in [-0.15, -0.1) is 0 Å². The lowest BCUT2D eigenvalue weighted by atomic mass is 10.2. The Morgan fingerprint density at radius 2 is 2.11 bits per heavy atom. The minimum Gasteiger partial charge on any atom is -0.484 e. The number of carbonyl (C=O) groups is 1. The summed E-state index contributed by atoms with van der Waals surface area (Å²) >= 11 is 0. The van der Waals surface area contributed by atoms with Crippen LogP contribution in [0.1, 0.15) is 5.56 Å². The van der Waals surface area contributed by atoms with Crippen LogP contribution >= 0.6 is 0 Å². The molecule has 2 N–H and O–H groups in total. The molecule has 1 aliphatic rings. The fourth-order valence-electron chi connectivity index (χ4n) is 1.87. The summed E-state index contributed by atoms with van der Waals surface area (Å²) in [4.78, 5) is 13.5. The Morgan fingerprint density at radius 3 is 2.79 bits per heavy atom. The summed E-state index contributed by atoms with van der Waals surface area (Å²) in [5.74, 6) is -0.222. The molecule has 0 bridgehead atoms. The van der Waals surface area contributed by atoms with Gasteiger partial charge >= 0.3 is 0 Å².